The fraction of sp³-hybridized carbons (Fsp3) is 0.235. The Bertz CT molecular complexity index is 825. The van der Waals surface area contributed by atoms with Crippen LogP contribution in [0, 0.1) is 0 Å². The zero-order valence-corrected chi connectivity index (χ0v) is 13.9. The van der Waals surface area contributed by atoms with Crippen LogP contribution in [0.15, 0.2) is 48.1 Å². The predicted molar refractivity (Wildman–Crippen MR) is 97.3 cm³/mol. The molecule has 4 rings (SSSR count). The first-order valence-electron chi connectivity index (χ1n) is 7.92. The van der Waals surface area contributed by atoms with Gasteiger partial charge in [0.2, 0.25) is 5.95 Å². The molecule has 122 valence electrons. The number of thiophene rings is 1. The van der Waals surface area contributed by atoms with Gasteiger partial charge < -0.3 is 10.6 Å². The van der Waals surface area contributed by atoms with E-state index in [0.717, 1.165) is 25.2 Å². The summed E-state index contributed by atoms with van der Waals surface area (Å²) in [5, 5.41) is 6.31. The maximum Gasteiger partial charge on any atom is 0.224 e. The molecule has 0 saturated carbocycles. The van der Waals surface area contributed by atoms with E-state index in [9.17, 15) is 0 Å². The molecule has 0 bridgehead atoms. The summed E-state index contributed by atoms with van der Waals surface area (Å²) in [6.45, 7) is 0.967. The molecule has 7 heteroatoms. The molecule has 1 aliphatic heterocycles. The van der Waals surface area contributed by atoms with Crippen LogP contribution in [0.2, 0.25) is 0 Å². The molecule has 1 unspecified atom stereocenters. The lowest BCUT2D eigenvalue weighted by Crippen LogP contribution is -2.28. The van der Waals surface area contributed by atoms with E-state index in [2.05, 4.69) is 49.6 Å². The highest BCUT2D eigenvalue weighted by molar-refractivity contribution is 7.10. The van der Waals surface area contributed by atoms with Gasteiger partial charge in [-0.1, -0.05) is 12.1 Å². The van der Waals surface area contributed by atoms with Gasteiger partial charge in [0.25, 0.3) is 0 Å². The molecule has 6 nitrogen and oxygen atoms in total. The first kappa shape index (κ1) is 14.9. The van der Waals surface area contributed by atoms with Crippen LogP contribution in [0.3, 0.4) is 0 Å². The van der Waals surface area contributed by atoms with E-state index in [1.54, 1.807) is 22.2 Å². The molecule has 2 N–H and O–H groups in total. The highest BCUT2D eigenvalue weighted by atomic mass is 32.1. The van der Waals surface area contributed by atoms with Gasteiger partial charge in [0.15, 0.2) is 5.82 Å². The zero-order chi connectivity index (χ0) is 16.4. The third-order valence-electron chi connectivity index (χ3n) is 4.07. The van der Waals surface area contributed by atoms with Crippen molar-refractivity contribution in [3.8, 4) is 5.82 Å². The number of anilines is 2. The fourth-order valence-corrected chi connectivity index (χ4v) is 3.61. The first-order chi connectivity index (χ1) is 11.8. The van der Waals surface area contributed by atoms with Gasteiger partial charge in [0, 0.05) is 35.9 Å². The Morgan fingerprint density at radius 3 is 2.96 bits per heavy atom. The minimum absolute atomic E-state index is 0.269. The van der Waals surface area contributed by atoms with Crippen LogP contribution < -0.4 is 10.6 Å². The molecule has 1 saturated heterocycles. The van der Waals surface area contributed by atoms with Crippen LogP contribution in [0.25, 0.3) is 11.9 Å². The van der Waals surface area contributed by atoms with Gasteiger partial charge in [0.1, 0.15) is 5.82 Å². The molecule has 0 amide bonds. The molecule has 4 heterocycles. The lowest BCUT2D eigenvalue weighted by atomic mass is 10.2. The number of hydrogen-bond donors (Lipinski definition) is 1. The van der Waals surface area contributed by atoms with Crippen LogP contribution in [0.4, 0.5) is 11.8 Å². The Hall–Kier alpha value is -2.67. The van der Waals surface area contributed by atoms with E-state index in [1.807, 2.05) is 18.3 Å². The van der Waals surface area contributed by atoms with Crippen molar-refractivity contribution in [1.29, 1.82) is 0 Å². The molecule has 0 spiro atoms. The van der Waals surface area contributed by atoms with Crippen molar-refractivity contribution in [2.24, 2.45) is 0 Å². The Morgan fingerprint density at radius 2 is 2.17 bits per heavy atom. The minimum atomic E-state index is 0.269. The third-order valence-corrected chi connectivity index (χ3v) is 4.91. The lowest BCUT2D eigenvalue weighted by molar-refractivity contribution is 0.788. The molecule has 24 heavy (non-hydrogen) atoms. The molecule has 3 aromatic rings. The number of nitrogens with two attached hydrogens (primary N) is 1. The summed E-state index contributed by atoms with van der Waals surface area (Å²) in [6, 6.07) is 8.32. The Labute approximate surface area is 144 Å². The number of nitrogen functional groups attached to an aromatic ring is 1. The van der Waals surface area contributed by atoms with Crippen molar-refractivity contribution < 1.29 is 0 Å². The van der Waals surface area contributed by atoms with Crippen molar-refractivity contribution in [1.82, 2.24) is 19.7 Å². The largest absolute Gasteiger partial charge is 0.368 e. The Morgan fingerprint density at radius 1 is 1.25 bits per heavy atom. The van der Waals surface area contributed by atoms with E-state index in [0.29, 0.717) is 11.9 Å². The fourth-order valence-electron chi connectivity index (χ4n) is 2.98. The molecular weight excluding hydrogens is 320 g/mol. The quantitative estimate of drug-likeness (QED) is 0.792. The molecule has 3 aromatic heterocycles. The van der Waals surface area contributed by atoms with E-state index in [1.165, 1.54) is 4.88 Å². The van der Waals surface area contributed by atoms with Crippen LogP contribution in [0.5, 0.6) is 0 Å². The van der Waals surface area contributed by atoms with Crippen molar-refractivity contribution in [2.75, 3.05) is 17.2 Å². The molecule has 1 atom stereocenters. The van der Waals surface area contributed by atoms with Crippen LogP contribution in [-0.4, -0.2) is 32.3 Å². The highest BCUT2D eigenvalue weighted by Gasteiger charge is 2.24. The van der Waals surface area contributed by atoms with Gasteiger partial charge in [-0.3, -0.25) is 0 Å². The van der Waals surface area contributed by atoms with Gasteiger partial charge in [-0.25, -0.2) is 4.68 Å². The molecule has 0 aliphatic carbocycles. The molecule has 0 radical (unpaired) electrons. The summed E-state index contributed by atoms with van der Waals surface area (Å²) in [7, 11) is 0. The van der Waals surface area contributed by atoms with Gasteiger partial charge in [-0.2, -0.15) is 15.1 Å². The van der Waals surface area contributed by atoms with E-state index in [4.69, 9.17) is 5.73 Å². The van der Waals surface area contributed by atoms with Gasteiger partial charge in [0.05, 0.1) is 0 Å². The first-order valence-corrected chi connectivity index (χ1v) is 8.80. The summed E-state index contributed by atoms with van der Waals surface area (Å²) in [5.74, 6) is 1.81. The van der Waals surface area contributed by atoms with Crippen LogP contribution in [0.1, 0.15) is 17.7 Å². The van der Waals surface area contributed by atoms with E-state index in [-0.39, 0.29) is 5.95 Å². The standard InChI is InChI=1S/C17H18N6S/c18-17-20-15(12-16(21-17)23-10-3-8-19-23)22-9-1-4-13(22)6-7-14-5-2-11-24-14/h2-3,5-8,10-13H,1,4,9H2,(H2,18,20,21)/b7-6+. The average molecular weight is 338 g/mol. The third kappa shape index (κ3) is 3.03. The number of rotatable bonds is 4. The average Bonchev–Trinajstić information content (AvgIpc) is 3.33. The smallest absolute Gasteiger partial charge is 0.224 e. The Balaban J connectivity index is 1.62. The second-order valence-corrected chi connectivity index (χ2v) is 6.65. The number of nitrogens with zero attached hydrogens (tertiary/aromatic N) is 5. The number of aromatic nitrogens is 4. The Kier molecular flexibility index (Phi) is 4.00. The SMILES string of the molecule is Nc1nc(N2CCCC2/C=C/c2cccs2)cc(-n2cccn2)n1. The lowest BCUT2D eigenvalue weighted by Gasteiger charge is -2.23. The van der Waals surface area contributed by atoms with Crippen LogP contribution >= 0.6 is 11.3 Å². The second-order valence-electron chi connectivity index (χ2n) is 5.67. The van der Waals surface area contributed by atoms with Gasteiger partial charge in [-0.05, 0) is 36.4 Å². The zero-order valence-electron chi connectivity index (χ0n) is 13.1. The highest BCUT2D eigenvalue weighted by Crippen LogP contribution is 2.27. The van der Waals surface area contributed by atoms with Crippen molar-refractivity contribution >= 4 is 29.2 Å². The summed E-state index contributed by atoms with van der Waals surface area (Å²) in [6.07, 6.45) is 10.3. The molecule has 1 aliphatic rings. The van der Waals surface area contributed by atoms with E-state index < -0.39 is 0 Å². The maximum absolute atomic E-state index is 5.92. The summed E-state index contributed by atoms with van der Waals surface area (Å²) in [5.41, 5.74) is 5.92. The summed E-state index contributed by atoms with van der Waals surface area (Å²) in [4.78, 5) is 12.3. The van der Waals surface area contributed by atoms with Gasteiger partial charge >= 0.3 is 0 Å². The van der Waals surface area contributed by atoms with Gasteiger partial charge in [-0.15, -0.1) is 11.3 Å². The number of hydrogen-bond acceptors (Lipinski definition) is 6. The summed E-state index contributed by atoms with van der Waals surface area (Å²) >= 11 is 1.74. The molecule has 0 aromatic carbocycles. The van der Waals surface area contributed by atoms with Crippen molar-refractivity contribution in [3.05, 3.63) is 53.0 Å². The topological polar surface area (TPSA) is 72.9 Å². The van der Waals surface area contributed by atoms with Crippen molar-refractivity contribution in [2.45, 2.75) is 18.9 Å². The molecular formula is C17H18N6S. The van der Waals surface area contributed by atoms with Crippen molar-refractivity contribution in [3.63, 3.8) is 0 Å². The van der Waals surface area contributed by atoms with E-state index >= 15 is 0 Å². The minimum Gasteiger partial charge on any atom is -0.368 e. The normalized spacial score (nSPS) is 17.8. The maximum atomic E-state index is 5.92. The summed E-state index contributed by atoms with van der Waals surface area (Å²) < 4.78 is 1.70. The monoisotopic (exact) mass is 338 g/mol. The predicted octanol–water partition coefficient (Wildman–Crippen LogP) is 2.99. The molecule has 1 fully saturated rings. The second kappa shape index (κ2) is 6.45. The van der Waals surface area contributed by atoms with Crippen LogP contribution in [-0.2, 0) is 0 Å².